The van der Waals surface area contributed by atoms with Crippen LogP contribution >= 0.6 is 0 Å². The summed E-state index contributed by atoms with van der Waals surface area (Å²) in [6.45, 7) is 0.236. The molecule has 7 nitrogen and oxygen atoms in total. The smallest absolute Gasteiger partial charge is 0.411 e. The number of ether oxygens (including phenoxy) is 1. The summed E-state index contributed by atoms with van der Waals surface area (Å²) in [7, 11) is 0. The van der Waals surface area contributed by atoms with Crippen LogP contribution in [-0.4, -0.2) is 34.9 Å². The lowest BCUT2D eigenvalue weighted by Crippen LogP contribution is -2.46. The van der Waals surface area contributed by atoms with Gasteiger partial charge in [-0.15, -0.1) is 0 Å². The fraction of sp³-hybridized carbons (Fsp3) is 0.222. The van der Waals surface area contributed by atoms with E-state index >= 15 is 0 Å². The topological polar surface area (TPSA) is 87.7 Å². The standard InChI is InChI=1S/C27H24FN3O4/c28-20-11-9-18(10-12-20)25(32)30-22-8-4-7-19(15-22)24-23(26(33)29-21-13-14-21)31(27(34)35-24)16-17-5-2-1-3-6-17/h1-12,15,21,23-24H,13-14,16H2,(H,29,33)(H,30,32). The number of cyclic esters (lactones) is 1. The van der Waals surface area contributed by atoms with Gasteiger partial charge in [0.2, 0.25) is 5.91 Å². The van der Waals surface area contributed by atoms with E-state index in [-0.39, 0.29) is 18.5 Å². The first-order valence-electron chi connectivity index (χ1n) is 11.5. The molecule has 0 spiro atoms. The summed E-state index contributed by atoms with van der Waals surface area (Å²) in [5.74, 6) is -1.10. The molecule has 0 bridgehead atoms. The first kappa shape index (κ1) is 22.6. The SMILES string of the molecule is O=C(Nc1cccc(C2OC(=O)N(Cc3ccccc3)C2C(=O)NC2CC2)c1)c1ccc(F)cc1. The molecule has 5 rings (SSSR count). The number of halogens is 1. The number of hydrogen-bond acceptors (Lipinski definition) is 4. The Morgan fingerprint density at radius 3 is 2.43 bits per heavy atom. The second kappa shape index (κ2) is 9.58. The summed E-state index contributed by atoms with van der Waals surface area (Å²) in [5, 5.41) is 5.77. The molecule has 2 N–H and O–H groups in total. The molecule has 178 valence electrons. The van der Waals surface area contributed by atoms with E-state index in [0.29, 0.717) is 16.8 Å². The summed E-state index contributed by atoms with van der Waals surface area (Å²) >= 11 is 0. The maximum Gasteiger partial charge on any atom is 0.411 e. The Morgan fingerprint density at radius 1 is 0.971 bits per heavy atom. The molecule has 1 saturated carbocycles. The third kappa shape index (κ3) is 5.16. The second-order valence-corrected chi connectivity index (χ2v) is 8.73. The quantitative estimate of drug-likeness (QED) is 0.532. The Balaban J connectivity index is 1.39. The van der Waals surface area contributed by atoms with Crippen molar-refractivity contribution in [3.05, 3.63) is 101 Å². The molecule has 3 aromatic rings. The highest BCUT2D eigenvalue weighted by atomic mass is 19.1. The van der Waals surface area contributed by atoms with E-state index in [2.05, 4.69) is 10.6 Å². The van der Waals surface area contributed by atoms with Crippen LogP contribution in [0.25, 0.3) is 0 Å². The molecule has 2 fully saturated rings. The van der Waals surface area contributed by atoms with Crippen LogP contribution in [0.4, 0.5) is 14.9 Å². The largest absolute Gasteiger partial charge is 0.438 e. The zero-order chi connectivity index (χ0) is 24.4. The molecule has 2 unspecified atom stereocenters. The molecule has 0 radical (unpaired) electrons. The van der Waals surface area contributed by atoms with Crippen LogP contribution < -0.4 is 10.6 Å². The van der Waals surface area contributed by atoms with E-state index in [4.69, 9.17) is 4.74 Å². The maximum atomic E-state index is 13.2. The van der Waals surface area contributed by atoms with Gasteiger partial charge in [-0.2, -0.15) is 0 Å². The first-order chi connectivity index (χ1) is 17.0. The Labute approximate surface area is 201 Å². The lowest BCUT2D eigenvalue weighted by molar-refractivity contribution is -0.126. The normalized spacial score (nSPS) is 19.2. The van der Waals surface area contributed by atoms with Gasteiger partial charge in [-0.05, 0) is 60.4 Å². The zero-order valence-corrected chi connectivity index (χ0v) is 18.8. The van der Waals surface area contributed by atoms with Gasteiger partial charge in [0, 0.05) is 17.3 Å². The predicted molar refractivity (Wildman–Crippen MR) is 127 cm³/mol. The number of carbonyl (C=O) groups is 3. The van der Waals surface area contributed by atoms with Crippen molar-refractivity contribution in [1.82, 2.24) is 10.2 Å². The number of nitrogens with one attached hydrogen (secondary N) is 2. The van der Waals surface area contributed by atoms with E-state index in [1.807, 2.05) is 30.3 Å². The number of anilines is 1. The highest BCUT2D eigenvalue weighted by Crippen LogP contribution is 2.35. The van der Waals surface area contributed by atoms with Crippen LogP contribution in [0.2, 0.25) is 0 Å². The average Bonchev–Trinajstić information content (AvgIpc) is 3.62. The Morgan fingerprint density at radius 2 is 1.71 bits per heavy atom. The maximum absolute atomic E-state index is 13.2. The Kier molecular flexibility index (Phi) is 6.18. The monoisotopic (exact) mass is 473 g/mol. The van der Waals surface area contributed by atoms with E-state index in [0.717, 1.165) is 18.4 Å². The second-order valence-electron chi connectivity index (χ2n) is 8.73. The van der Waals surface area contributed by atoms with Crippen LogP contribution in [0.5, 0.6) is 0 Å². The third-order valence-corrected chi connectivity index (χ3v) is 6.05. The molecule has 1 heterocycles. The van der Waals surface area contributed by atoms with Crippen LogP contribution in [-0.2, 0) is 16.1 Å². The molecule has 8 heteroatoms. The lowest BCUT2D eigenvalue weighted by atomic mass is 10.00. The molecule has 3 amide bonds. The molecular formula is C27H24FN3O4. The predicted octanol–water partition coefficient (Wildman–Crippen LogP) is 4.42. The van der Waals surface area contributed by atoms with Gasteiger partial charge in [0.15, 0.2) is 12.1 Å². The zero-order valence-electron chi connectivity index (χ0n) is 18.8. The Hall–Kier alpha value is -4.20. The molecule has 3 aromatic carbocycles. The number of rotatable bonds is 7. The minimum Gasteiger partial charge on any atom is -0.438 e. The fourth-order valence-electron chi connectivity index (χ4n) is 4.10. The van der Waals surface area contributed by atoms with Crippen molar-refractivity contribution in [1.29, 1.82) is 0 Å². The summed E-state index contributed by atoms with van der Waals surface area (Å²) in [6, 6.07) is 20.8. The first-order valence-corrected chi connectivity index (χ1v) is 11.5. The molecule has 1 saturated heterocycles. The van der Waals surface area contributed by atoms with Gasteiger partial charge in [-0.25, -0.2) is 9.18 Å². The van der Waals surface area contributed by atoms with Gasteiger partial charge in [0.25, 0.3) is 5.91 Å². The van der Waals surface area contributed by atoms with E-state index in [1.165, 1.54) is 29.2 Å². The van der Waals surface area contributed by atoms with Gasteiger partial charge in [-0.3, -0.25) is 14.5 Å². The summed E-state index contributed by atoms with van der Waals surface area (Å²) in [6.07, 6.45) is 0.423. The van der Waals surface area contributed by atoms with Crippen molar-refractivity contribution in [2.45, 2.75) is 37.6 Å². The summed E-state index contributed by atoms with van der Waals surface area (Å²) < 4.78 is 18.9. The van der Waals surface area contributed by atoms with Crippen LogP contribution in [0.3, 0.4) is 0 Å². The molecule has 1 aliphatic heterocycles. The number of amides is 3. The lowest BCUT2D eigenvalue weighted by Gasteiger charge is -2.24. The van der Waals surface area contributed by atoms with Crippen LogP contribution in [0.15, 0.2) is 78.9 Å². The number of hydrogen-bond donors (Lipinski definition) is 2. The van der Waals surface area contributed by atoms with Gasteiger partial charge in [-0.1, -0.05) is 42.5 Å². The summed E-state index contributed by atoms with van der Waals surface area (Å²) in [5.41, 5.74) is 2.24. The minimum atomic E-state index is -0.855. The van der Waals surface area contributed by atoms with Gasteiger partial charge < -0.3 is 15.4 Å². The molecule has 2 atom stereocenters. The molecular weight excluding hydrogens is 449 g/mol. The molecule has 1 aliphatic carbocycles. The van der Waals surface area contributed by atoms with E-state index < -0.39 is 30.0 Å². The van der Waals surface area contributed by atoms with Gasteiger partial charge >= 0.3 is 6.09 Å². The van der Waals surface area contributed by atoms with E-state index in [9.17, 15) is 18.8 Å². The van der Waals surface area contributed by atoms with Crippen molar-refractivity contribution in [2.24, 2.45) is 0 Å². The van der Waals surface area contributed by atoms with Crippen LogP contribution in [0, 0.1) is 5.82 Å². The van der Waals surface area contributed by atoms with Crippen molar-refractivity contribution in [3.8, 4) is 0 Å². The number of nitrogens with zero attached hydrogens (tertiary/aromatic N) is 1. The summed E-state index contributed by atoms with van der Waals surface area (Å²) in [4.78, 5) is 40.1. The molecule has 35 heavy (non-hydrogen) atoms. The van der Waals surface area contributed by atoms with E-state index in [1.54, 1.807) is 24.3 Å². The third-order valence-electron chi connectivity index (χ3n) is 6.05. The van der Waals surface area contributed by atoms with Crippen LogP contribution in [0.1, 0.15) is 40.4 Å². The average molecular weight is 474 g/mol. The van der Waals surface area contributed by atoms with Crippen molar-refractivity contribution < 1.29 is 23.5 Å². The van der Waals surface area contributed by atoms with Gasteiger partial charge in [0.05, 0.1) is 6.54 Å². The Bertz CT molecular complexity index is 1240. The number of carbonyl (C=O) groups excluding carboxylic acids is 3. The highest BCUT2D eigenvalue weighted by Gasteiger charge is 2.48. The van der Waals surface area contributed by atoms with Gasteiger partial charge in [0.1, 0.15) is 5.82 Å². The fourth-order valence-corrected chi connectivity index (χ4v) is 4.10. The number of benzene rings is 3. The highest BCUT2D eigenvalue weighted by molar-refractivity contribution is 6.04. The van der Waals surface area contributed by atoms with Crippen molar-refractivity contribution in [2.75, 3.05) is 5.32 Å². The molecule has 2 aliphatic rings. The van der Waals surface area contributed by atoms with Crippen molar-refractivity contribution >= 4 is 23.6 Å². The molecule has 0 aromatic heterocycles. The minimum absolute atomic E-state index is 0.124. The van der Waals surface area contributed by atoms with Crippen molar-refractivity contribution in [3.63, 3.8) is 0 Å².